The number of hydrogen-bond acceptors (Lipinski definition) is 4. The van der Waals surface area contributed by atoms with Gasteiger partial charge in [-0.2, -0.15) is 0 Å². The molecule has 2 atom stereocenters. The predicted molar refractivity (Wildman–Crippen MR) is 92.3 cm³/mol. The van der Waals surface area contributed by atoms with Gasteiger partial charge in [0.05, 0.1) is 19.1 Å². The maximum Gasteiger partial charge on any atom is 0.328 e. The quantitative estimate of drug-likeness (QED) is 0.800. The first-order chi connectivity index (χ1) is 12.4. The van der Waals surface area contributed by atoms with Gasteiger partial charge in [-0.25, -0.2) is 19.0 Å². The van der Waals surface area contributed by atoms with Crippen molar-refractivity contribution in [2.45, 2.75) is 25.4 Å². The number of esters is 1. The molecule has 0 bridgehead atoms. The van der Waals surface area contributed by atoms with Crippen LogP contribution in [0.1, 0.15) is 29.9 Å². The van der Waals surface area contributed by atoms with E-state index in [0.717, 1.165) is 5.69 Å². The predicted octanol–water partition coefficient (Wildman–Crippen LogP) is 2.42. The van der Waals surface area contributed by atoms with Crippen molar-refractivity contribution in [3.05, 3.63) is 52.3 Å². The van der Waals surface area contributed by atoms with Crippen molar-refractivity contribution in [2.24, 2.45) is 0 Å². The van der Waals surface area contributed by atoms with E-state index in [-0.39, 0.29) is 5.56 Å². The number of rotatable bonds is 3. The molecule has 7 nitrogen and oxygen atoms in total. The number of methoxy groups -OCH3 is 1. The van der Waals surface area contributed by atoms with Gasteiger partial charge in [0.2, 0.25) is 0 Å². The molecular formula is C17H18ClFN4O3. The molecule has 1 aliphatic rings. The zero-order valence-corrected chi connectivity index (χ0v) is 15.0. The average molecular weight is 381 g/mol. The second-order valence-electron chi connectivity index (χ2n) is 5.97. The highest BCUT2D eigenvalue weighted by Gasteiger charge is 2.36. The fourth-order valence-corrected chi connectivity index (χ4v) is 3.22. The fraction of sp³-hybridized carbons (Fsp3) is 0.353. The largest absolute Gasteiger partial charge is 0.467 e. The number of H-pyrrole nitrogens is 1. The first-order valence-electron chi connectivity index (χ1n) is 8.04. The third kappa shape index (κ3) is 3.37. The van der Waals surface area contributed by atoms with Crippen LogP contribution in [0.3, 0.4) is 0 Å². The summed E-state index contributed by atoms with van der Waals surface area (Å²) in [6.07, 6.45) is 2.05. The number of hydrogen-bond donors (Lipinski definition) is 2. The number of imidazole rings is 1. The average Bonchev–Trinajstić information content (AvgIpc) is 3.10. The van der Waals surface area contributed by atoms with Gasteiger partial charge in [-0.3, -0.25) is 0 Å². The molecule has 9 heteroatoms. The minimum atomic E-state index is -0.835. The van der Waals surface area contributed by atoms with Crippen molar-refractivity contribution in [3.8, 4) is 0 Å². The van der Waals surface area contributed by atoms with Gasteiger partial charge in [-0.05, 0) is 25.1 Å². The lowest BCUT2D eigenvalue weighted by Gasteiger charge is -2.35. The van der Waals surface area contributed by atoms with E-state index in [1.54, 1.807) is 0 Å². The molecule has 0 saturated heterocycles. The number of nitrogens with one attached hydrogen (secondary N) is 2. The number of aromatic nitrogens is 2. The Bertz CT molecular complexity index is 841. The maximum absolute atomic E-state index is 14.5. The van der Waals surface area contributed by atoms with Crippen molar-refractivity contribution in [1.82, 2.24) is 20.2 Å². The Morgan fingerprint density at radius 1 is 1.50 bits per heavy atom. The van der Waals surface area contributed by atoms with Gasteiger partial charge in [0.25, 0.3) is 0 Å². The number of aromatic amines is 1. The third-order valence-electron chi connectivity index (χ3n) is 4.33. The van der Waals surface area contributed by atoms with E-state index < -0.39 is 29.9 Å². The Labute approximate surface area is 154 Å². The van der Waals surface area contributed by atoms with E-state index in [1.165, 1.54) is 43.5 Å². The van der Waals surface area contributed by atoms with Gasteiger partial charge in [-0.15, -0.1) is 0 Å². The number of halogens is 2. The third-order valence-corrected chi connectivity index (χ3v) is 4.57. The Balaban J connectivity index is 1.97. The lowest BCUT2D eigenvalue weighted by Crippen LogP contribution is -2.50. The van der Waals surface area contributed by atoms with Gasteiger partial charge < -0.3 is 19.9 Å². The van der Waals surface area contributed by atoms with Crippen molar-refractivity contribution in [2.75, 3.05) is 13.7 Å². The summed E-state index contributed by atoms with van der Waals surface area (Å²) in [5, 5.41) is 2.93. The van der Waals surface area contributed by atoms with Crippen LogP contribution in [-0.2, 0) is 16.0 Å². The van der Waals surface area contributed by atoms with E-state index >= 15 is 0 Å². The van der Waals surface area contributed by atoms with Crippen molar-refractivity contribution < 1.29 is 18.7 Å². The van der Waals surface area contributed by atoms with Crippen LogP contribution < -0.4 is 5.32 Å². The summed E-state index contributed by atoms with van der Waals surface area (Å²) < 4.78 is 19.1. The van der Waals surface area contributed by atoms with E-state index in [2.05, 4.69) is 20.0 Å². The molecule has 26 heavy (non-hydrogen) atoms. The standard InChI is InChI=1S/C17H18ClFN4O3/c1-9(16(24)26-2)22-17(25)23-6-5-13-14(21-8-20-13)15(23)11-7-10(18)3-4-12(11)19/h3-4,7-9,15H,5-6H2,1-2H3,(H,20,21)(H,22,25)/t9-,15+/m1/s1. The van der Waals surface area contributed by atoms with Crippen LogP contribution >= 0.6 is 11.6 Å². The molecule has 0 aliphatic carbocycles. The maximum atomic E-state index is 14.5. The summed E-state index contributed by atoms with van der Waals surface area (Å²) in [7, 11) is 1.24. The van der Waals surface area contributed by atoms with E-state index in [1.807, 2.05) is 0 Å². The number of nitrogens with zero attached hydrogens (tertiary/aromatic N) is 2. The number of fused-ring (bicyclic) bond motifs is 1. The number of amides is 2. The van der Waals surface area contributed by atoms with Gasteiger partial charge in [-0.1, -0.05) is 11.6 Å². The summed E-state index contributed by atoms with van der Waals surface area (Å²) in [5.41, 5.74) is 1.63. The van der Waals surface area contributed by atoms with E-state index in [4.69, 9.17) is 11.6 Å². The van der Waals surface area contributed by atoms with Gasteiger partial charge in [0, 0.05) is 29.2 Å². The molecule has 1 aliphatic heterocycles. The van der Waals surface area contributed by atoms with Crippen LogP contribution in [0.15, 0.2) is 24.5 Å². The van der Waals surface area contributed by atoms with E-state index in [0.29, 0.717) is 23.7 Å². The highest BCUT2D eigenvalue weighted by Crippen LogP contribution is 2.35. The Kier molecular flexibility index (Phi) is 5.13. The van der Waals surface area contributed by atoms with Crippen LogP contribution in [0.25, 0.3) is 0 Å². The van der Waals surface area contributed by atoms with Crippen molar-refractivity contribution >= 4 is 23.6 Å². The zero-order valence-electron chi connectivity index (χ0n) is 14.3. The molecule has 1 aromatic carbocycles. The van der Waals surface area contributed by atoms with Crippen LogP contribution in [0, 0.1) is 5.82 Å². The van der Waals surface area contributed by atoms with Gasteiger partial charge in [0.15, 0.2) is 0 Å². The van der Waals surface area contributed by atoms with E-state index in [9.17, 15) is 14.0 Å². The Hall–Kier alpha value is -2.61. The molecular weight excluding hydrogens is 363 g/mol. The van der Waals surface area contributed by atoms with Crippen LogP contribution in [0.5, 0.6) is 0 Å². The summed E-state index contributed by atoms with van der Waals surface area (Å²) in [5.74, 6) is -1.06. The summed E-state index contributed by atoms with van der Waals surface area (Å²) in [6.45, 7) is 1.84. The fourth-order valence-electron chi connectivity index (χ4n) is 3.04. The molecule has 3 rings (SSSR count). The molecule has 0 unspecified atom stereocenters. The monoisotopic (exact) mass is 380 g/mol. The summed E-state index contributed by atoms with van der Waals surface area (Å²) >= 11 is 6.03. The lowest BCUT2D eigenvalue weighted by atomic mass is 9.95. The molecule has 138 valence electrons. The van der Waals surface area contributed by atoms with Gasteiger partial charge >= 0.3 is 12.0 Å². The second kappa shape index (κ2) is 7.33. The minimum Gasteiger partial charge on any atom is -0.467 e. The van der Waals surface area contributed by atoms with Crippen molar-refractivity contribution in [1.29, 1.82) is 0 Å². The molecule has 1 aromatic heterocycles. The van der Waals surface area contributed by atoms with Crippen LogP contribution in [-0.4, -0.2) is 46.6 Å². The number of carbonyl (C=O) groups excluding carboxylic acids is 2. The minimum absolute atomic E-state index is 0.242. The molecule has 2 amide bonds. The number of benzene rings is 1. The molecule has 2 N–H and O–H groups in total. The molecule has 0 spiro atoms. The number of urea groups is 1. The molecule has 2 heterocycles. The Morgan fingerprint density at radius 2 is 2.27 bits per heavy atom. The first-order valence-corrected chi connectivity index (χ1v) is 8.42. The lowest BCUT2D eigenvalue weighted by molar-refractivity contribution is -0.142. The topological polar surface area (TPSA) is 87.3 Å². The molecule has 0 radical (unpaired) electrons. The zero-order chi connectivity index (χ0) is 18.8. The molecule has 0 fully saturated rings. The van der Waals surface area contributed by atoms with Crippen LogP contribution in [0.4, 0.5) is 9.18 Å². The number of ether oxygens (including phenoxy) is 1. The Morgan fingerprint density at radius 3 is 3.00 bits per heavy atom. The molecule has 2 aromatic rings. The number of carbonyl (C=O) groups is 2. The summed E-state index contributed by atoms with van der Waals surface area (Å²) in [6, 6.07) is 2.08. The highest BCUT2D eigenvalue weighted by atomic mass is 35.5. The summed E-state index contributed by atoms with van der Waals surface area (Å²) in [4.78, 5) is 33.1. The molecule has 0 saturated carbocycles. The highest BCUT2D eigenvalue weighted by molar-refractivity contribution is 6.30. The SMILES string of the molecule is COC(=O)[C@@H](C)NC(=O)N1CCc2[nH]cnc2[C@@H]1c1cc(Cl)ccc1F. The second-order valence-corrected chi connectivity index (χ2v) is 6.41. The first kappa shape index (κ1) is 18.2. The normalized spacial score (nSPS) is 17.4. The van der Waals surface area contributed by atoms with Crippen molar-refractivity contribution in [3.63, 3.8) is 0 Å². The van der Waals surface area contributed by atoms with Gasteiger partial charge in [0.1, 0.15) is 17.9 Å². The smallest absolute Gasteiger partial charge is 0.328 e. The van der Waals surface area contributed by atoms with Crippen LogP contribution in [0.2, 0.25) is 5.02 Å².